The summed E-state index contributed by atoms with van der Waals surface area (Å²) in [5.41, 5.74) is 13.7. The predicted molar refractivity (Wildman–Crippen MR) is 123 cm³/mol. The molecule has 0 radical (unpaired) electrons. The Morgan fingerprint density at radius 1 is 0.357 bits per heavy atom. The molecule has 6 rings (SSSR count). The number of nitrogen functional groups attached to an aromatic ring is 2. The van der Waals surface area contributed by atoms with E-state index in [1.807, 2.05) is 12.1 Å². The van der Waals surface area contributed by atoms with Crippen molar-refractivity contribution in [3.63, 3.8) is 0 Å². The van der Waals surface area contributed by atoms with Crippen LogP contribution in [0.3, 0.4) is 0 Å². The van der Waals surface area contributed by atoms with Crippen molar-refractivity contribution in [2.45, 2.75) is 0 Å². The number of hydrogen-bond acceptors (Lipinski definition) is 2. The van der Waals surface area contributed by atoms with Crippen molar-refractivity contribution in [3.8, 4) is 0 Å². The quantitative estimate of drug-likeness (QED) is 0.237. The Bertz CT molecular complexity index is 1460. The molecule has 0 fully saturated rings. The van der Waals surface area contributed by atoms with Crippen molar-refractivity contribution in [1.82, 2.24) is 0 Å². The van der Waals surface area contributed by atoms with Crippen LogP contribution in [0.5, 0.6) is 0 Å². The Morgan fingerprint density at radius 2 is 0.714 bits per heavy atom. The van der Waals surface area contributed by atoms with Crippen LogP contribution < -0.4 is 11.5 Å². The van der Waals surface area contributed by atoms with E-state index in [4.69, 9.17) is 11.5 Å². The topological polar surface area (TPSA) is 52.0 Å². The molecule has 0 aromatic heterocycles. The number of benzene rings is 6. The maximum absolute atomic E-state index is 6.05. The summed E-state index contributed by atoms with van der Waals surface area (Å²) >= 11 is 0. The van der Waals surface area contributed by atoms with Gasteiger partial charge >= 0.3 is 0 Å². The molecule has 0 heterocycles. The van der Waals surface area contributed by atoms with Gasteiger partial charge in [0, 0.05) is 11.4 Å². The minimum atomic E-state index is 0.790. The second kappa shape index (κ2) is 5.37. The first-order chi connectivity index (χ1) is 13.7. The highest BCUT2D eigenvalue weighted by atomic mass is 14.5. The van der Waals surface area contributed by atoms with E-state index in [2.05, 4.69) is 72.8 Å². The number of fused-ring (bicyclic) bond motifs is 9. The number of rotatable bonds is 0. The predicted octanol–water partition coefficient (Wildman–Crippen LogP) is 6.62. The SMILES string of the molecule is Nc1ccc2c(ccc3ccc4ccc5ccc6cc(N)ccc6c5c4c32)c1. The van der Waals surface area contributed by atoms with E-state index in [9.17, 15) is 0 Å². The molecule has 0 saturated carbocycles. The molecule has 28 heavy (non-hydrogen) atoms. The molecular formula is C26H18N2. The highest BCUT2D eigenvalue weighted by Gasteiger charge is 2.11. The maximum Gasteiger partial charge on any atom is 0.0320 e. The highest BCUT2D eigenvalue weighted by Crippen LogP contribution is 2.39. The fraction of sp³-hybridized carbons (Fsp3) is 0. The van der Waals surface area contributed by atoms with Gasteiger partial charge in [0.15, 0.2) is 0 Å². The molecule has 0 aliphatic rings. The van der Waals surface area contributed by atoms with Crippen LogP contribution in [0.4, 0.5) is 11.4 Å². The molecule has 0 saturated heterocycles. The van der Waals surface area contributed by atoms with E-state index >= 15 is 0 Å². The Labute approximate surface area is 162 Å². The lowest BCUT2D eigenvalue weighted by atomic mass is 9.90. The molecule has 6 aromatic rings. The summed E-state index contributed by atoms with van der Waals surface area (Å²) in [6, 6.07) is 29.9. The summed E-state index contributed by atoms with van der Waals surface area (Å²) in [6.07, 6.45) is 0. The minimum Gasteiger partial charge on any atom is -0.399 e. The summed E-state index contributed by atoms with van der Waals surface area (Å²) in [6.45, 7) is 0. The minimum absolute atomic E-state index is 0.790. The third kappa shape index (κ3) is 2.03. The van der Waals surface area contributed by atoms with Crippen molar-refractivity contribution >= 4 is 65.2 Å². The van der Waals surface area contributed by atoms with Crippen LogP contribution in [0.25, 0.3) is 53.9 Å². The van der Waals surface area contributed by atoms with E-state index in [1.165, 1.54) is 53.9 Å². The summed E-state index contributed by atoms with van der Waals surface area (Å²) in [5.74, 6) is 0. The average molecular weight is 358 g/mol. The summed E-state index contributed by atoms with van der Waals surface area (Å²) in [5, 5.41) is 12.4. The van der Waals surface area contributed by atoms with Gasteiger partial charge in [0.25, 0.3) is 0 Å². The van der Waals surface area contributed by atoms with Crippen LogP contribution in [0.2, 0.25) is 0 Å². The zero-order valence-corrected chi connectivity index (χ0v) is 15.2. The molecule has 0 unspecified atom stereocenters. The molecular weight excluding hydrogens is 340 g/mol. The summed E-state index contributed by atoms with van der Waals surface area (Å²) in [4.78, 5) is 0. The fourth-order valence-electron chi connectivity index (χ4n) is 4.56. The maximum atomic E-state index is 6.05. The van der Waals surface area contributed by atoms with Gasteiger partial charge in [-0.15, -0.1) is 0 Å². The fourth-order valence-corrected chi connectivity index (χ4v) is 4.56. The smallest absolute Gasteiger partial charge is 0.0320 e. The molecule has 0 bridgehead atoms. The molecule has 0 amide bonds. The molecule has 0 spiro atoms. The molecule has 4 N–H and O–H groups in total. The largest absolute Gasteiger partial charge is 0.399 e. The monoisotopic (exact) mass is 358 g/mol. The van der Waals surface area contributed by atoms with E-state index in [1.54, 1.807) is 0 Å². The van der Waals surface area contributed by atoms with E-state index in [-0.39, 0.29) is 0 Å². The third-order valence-electron chi connectivity index (χ3n) is 5.83. The summed E-state index contributed by atoms with van der Waals surface area (Å²) < 4.78 is 0. The van der Waals surface area contributed by atoms with Gasteiger partial charge in [-0.3, -0.25) is 0 Å². The van der Waals surface area contributed by atoms with Crippen LogP contribution in [-0.2, 0) is 0 Å². The molecule has 2 heteroatoms. The van der Waals surface area contributed by atoms with Crippen molar-refractivity contribution < 1.29 is 0 Å². The van der Waals surface area contributed by atoms with Gasteiger partial charge in [-0.25, -0.2) is 0 Å². The lowest BCUT2D eigenvalue weighted by Gasteiger charge is -2.13. The molecule has 0 aliphatic carbocycles. The van der Waals surface area contributed by atoms with Crippen LogP contribution in [-0.4, -0.2) is 0 Å². The Balaban J connectivity index is 1.97. The molecule has 132 valence electrons. The first-order valence-electron chi connectivity index (χ1n) is 9.45. The van der Waals surface area contributed by atoms with Crippen molar-refractivity contribution in [3.05, 3.63) is 84.9 Å². The molecule has 0 atom stereocenters. The lowest BCUT2D eigenvalue weighted by Crippen LogP contribution is -1.88. The second-order valence-electron chi connectivity index (χ2n) is 7.52. The van der Waals surface area contributed by atoms with E-state index in [0.717, 1.165) is 11.4 Å². The third-order valence-corrected chi connectivity index (χ3v) is 5.83. The first-order valence-corrected chi connectivity index (χ1v) is 9.45. The van der Waals surface area contributed by atoms with Gasteiger partial charge in [0.05, 0.1) is 0 Å². The van der Waals surface area contributed by atoms with Gasteiger partial charge in [-0.2, -0.15) is 0 Å². The van der Waals surface area contributed by atoms with Crippen molar-refractivity contribution in [2.24, 2.45) is 0 Å². The molecule has 2 nitrogen and oxygen atoms in total. The van der Waals surface area contributed by atoms with E-state index in [0.29, 0.717) is 0 Å². The van der Waals surface area contributed by atoms with Crippen LogP contribution in [0.15, 0.2) is 84.9 Å². The van der Waals surface area contributed by atoms with Crippen LogP contribution >= 0.6 is 0 Å². The average Bonchev–Trinajstić information content (AvgIpc) is 2.72. The van der Waals surface area contributed by atoms with Gasteiger partial charge in [-0.05, 0) is 78.1 Å². The van der Waals surface area contributed by atoms with E-state index < -0.39 is 0 Å². The first kappa shape index (κ1) is 15.3. The van der Waals surface area contributed by atoms with Gasteiger partial charge in [0.1, 0.15) is 0 Å². The standard InChI is InChI=1S/C26H18N2/c27-20-9-11-22-18(13-20)7-5-15-1-3-17-4-2-16-6-8-19-14-21(28)10-12-23(19)25(16)26(17)24(15)22/h1-14H,27-28H2. The highest BCUT2D eigenvalue weighted by molar-refractivity contribution is 6.32. The zero-order chi connectivity index (χ0) is 18.8. The van der Waals surface area contributed by atoms with Crippen LogP contribution in [0, 0.1) is 0 Å². The van der Waals surface area contributed by atoms with Crippen LogP contribution in [0.1, 0.15) is 0 Å². The number of anilines is 2. The zero-order valence-electron chi connectivity index (χ0n) is 15.2. The summed E-state index contributed by atoms with van der Waals surface area (Å²) in [7, 11) is 0. The molecule has 0 aliphatic heterocycles. The van der Waals surface area contributed by atoms with Gasteiger partial charge in [0.2, 0.25) is 0 Å². The Hall–Kier alpha value is -3.78. The Morgan fingerprint density at radius 3 is 1.14 bits per heavy atom. The van der Waals surface area contributed by atoms with Crippen molar-refractivity contribution in [2.75, 3.05) is 11.5 Å². The second-order valence-corrected chi connectivity index (χ2v) is 7.52. The number of hydrogen-bond donors (Lipinski definition) is 2. The van der Waals surface area contributed by atoms with Gasteiger partial charge < -0.3 is 11.5 Å². The van der Waals surface area contributed by atoms with Crippen molar-refractivity contribution in [1.29, 1.82) is 0 Å². The normalized spacial score (nSPS) is 11.9. The van der Waals surface area contributed by atoms with Gasteiger partial charge in [-0.1, -0.05) is 60.7 Å². The molecule has 6 aromatic carbocycles. The Kier molecular flexibility index (Phi) is 2.93. The number of nitrogens with two attached hydrogens (primary N) is 2. The lowest BCUT2D eigenvalue weighted by molar-refractivity contribution is 1.75.